The molecule has 1 rings (SSSR count). The second-order valence-electron chi connectivity index (χ2n) is 3.92. The van der Waals surface area contributed by atoms with Crippen LogP contribution >= 0.6 is 0 Å². The van der Waals surface area contributed by atoms with E-state index >= 15 is 0 Å². The van der Waals surface area contributed by atoms with Crippen LogP contribution in [0.1, 0.15) is 20.3 Å². The van der Waals surface area contributed by atoms with E-state index < -0.39 is 5.54 Å². The van der Waals surface area contributed by atoms with E-state index in [9.17, 15) is 10.2 Å². The van der Waals surface area contributed by atoms with Crippen LogP contribution in [0.5, 0.6) is 6.01 Å². The van der Waals surface area contributed by atoms with E-state index in [1.165, 1.54) is 0 Å². The minimum Gasteiger partial charge on any atom is -0.464 e. The molecule has 0 unspecified atom stereocenters. The van der Waals surface area contributed by atoms with Crippen LogP contribution in [0.2, 0.25) is 0 Å². The summed E-state index contributed by atoms with van der Waals surface area (Å²) < 4.78 is 5.18. The highest BCUT2D eigenvalue weighted by atomic mass is 16.5. The van der Waals surface area contributed by atoms with Crippen molar-refractivity contribution in [3.05, 3.63) is 0 Å². The lowest BCUT2D eigenvalue weighted by Crippen LogP contribution is -2.45. The summed E-state index contributed by atoms with van der Waals surface area (Å²) in [4.78, 5) is 11.9. The Morgan fingerprint density at radius 3 is 2.26 bits per heavy atom. The van der Waals surface area contributed by atoms with Gasteiger partial charge in [0.1, 0.15) is 0 Å². The Morgan fingerprint density at radius 1 is 1.16 bits per heavy atom. The smallest absolute Gasteiger partial charge is 0.323 e. The average molecular weight is 272 g/mol. The largest absolute Gasteiger partial charge is 0.464 e. The number of rotatable bonds is 8. The maximum Gasteiger partial charge on any atom is 0.323 e. The van der Waals surface area contributed by atoms with Crippen molar-refractivity contribution in [3.63, 3.8) is 0 Å². The second-order valence-corrected chi connectivity index (χ2v) is 3.92. The minimum absolute atomic E-state index is 0.105. The Bertz CT molecular complexity index is 391. The fraction of sp³-hybridized carbons (Fsp3) is 0.700. The number of aliphatic hydroxyl groups is 2. The molecule has 0 spiro atoms. The van der Waals surface area contributed by atoms with Gasteiger partial charge in [-0.25, -0.2) is 5.84 Å². The average Bonchev–Trinajstić information content (AvgIpc) is 2.45. The molecule has 108 valence electrons. The van der Waals surface area contributed by atoms with Crippen LogP contribution in [0.3, 0.4) is 0 Å². The van der Waals surface area contributed by atoms with Crippen LogP contribution in [0.15, 0.2) is 0 Å². The van der Waals surface area contributed by atoms with Crippen LogP contribution in [0, 0.1) is 0 Å². The fourth-order valence-electron chi connectivity index (χ4n) is 1.35. The van der Waals surface area contributed by atoms with Gasteiger partial charge in [-0.1, -0.05) is 6.92 Å². The van der Waals surface area contributed by atoms with Gasteiger partial charge in [-0.3, -0.25) is 5.43 Å². The van der Waals surface area contributed by atoms with Crippen molar-refractivity contribution in [2.75, 3.05) is 30.6 Å². The van der Waals surface area contributed by atoms with Crippen molar-refractivity contribution >= 4 is 11.9 Å². The van der Waals surface area contributed by atoms with Crippen molar-refractivity contribution in [1.29, 1.82) is 0 Å². The number of nitrogens with one attached hydrogen (secondary N) is 2. The number of nitrogens with two attached hydrogens (primary N) is 1. The molecule has 1 aromatic heterocycles. The summed E-state index contributed by atoms with van der Waals surface area (Å²) >= 11 is 0. The number of nitrogens with zero attached hydrogens (tertiary/aromatic N) is 3. The lowest BCUT2D eigenvalue weighted by atomic mass is 9.99. The molecular formula is C10H20N6O3. The normalized spacial score (nSPS) is 11.2. The van der Waals surface area contributed by atoms with Gasteiger partial charge < -0.3 is 20.3 Å². The highest BCUT2D eigenvalue weighted by molar-refractivity contribution is 5.37. The van der Waals surface area contributed by atoms with Crippen LogP contribution in [0.4, 0.5) is 11.9 Å². The van der Waals surface area contributed by atoms with E-state index in [1.807, 2.05) is 6.92 Å². The molecule has 0 aromatic carbocycles. The number of aromatic nitrogens is 3. The maximum atomic E-state index is 9.37. The van der Waals surface area contributed by atoms with E-state index in [-0.39, 0.29) is 31.1 Å². The quantitative estimate of drug-likeness (QED) is 0.301. The zero-order valence-electron chi connectivity index (χ0n) is 11.1. The molecule has 6 N–H and O–H groups in total. The summed E-state index contributed by atoms with van der Waals surface area (Å²) in [7, 11) is 0. The number of hydrogen-bond acceptors (Lipinski definition) is 9. The van der Waals surface area contributed by atoms with E-state index in [0.29, 0.717) is 13.0 Å². The molecule has 0 aliphatic carbocycles. The Balaban J connectivity index is 3.01. The van der Waals surface area contributed by atoms with Crippen LogP contribution in [-0.4, -0.2) is 50.5 Å². The monoisotopic (exact) mass is 272 g/mol. The predicted octanol–water partition coefficient (Wildman–Crippen LogP) is -0.899. The van der Waals surface area contributed by atoms with Gasteiger partial charge >= 0.3 is 6.01 Å². The molecule has 1 aromatic rings. The first-order valence-electron chi connectivity index (χ1n) is 5.98. The van der Waals surface area contributed by atoms with Gasteiger partial charge in [0, 0.05) is 0 Å². The van der Waals surface area contributed by atoms with E-state index in [1.54, 1.807) is 6.92 Å². The topological polar surface area (TPSA) is 138 Å². The molecule has 9 nitrogen and oxygen atoms in total. The summed E-state index contributed by atoms with van der Waals surface area (Å²) in [6.07, 6.45) is 0.487. The molecule has 0 bridgehead atoms. The Labute approximate surface area is 111 Å². The molecular weight excluding hydrogens is 252 g/mol. The van der Waals surface area contributed by atoms with Gasteiger partial charge in [0.15, 0.2) is 0 Å². The van der Waals surface area contributed by atoms with Crippen molar-refractivity contribution in [1.82, 2.24) is 15.0 Å². The molecule has 19 heavy (non-hydrogen) atoms. The number of hydrazine groups is 1. The summed E-state index contributed by atoms with van der Waals surface area (Å²) in [6.45, 7) is 3.49. The molecule has 0 radical (unpaired) electrons. The molecule has 0 aliphatic rings. The zero-order chi connectivity index (χ0) is 14.3. The summed E-state index contributed by atoms with van der Waals surface area (Å²) in [5, 5.41) is 21.6. The third-order valence-electron chi connectivity index (χ3n) is 2.68. The first kappa shape index (κ1) is 15.3. The molecule has 0 fully saturated rings. The third-order valence-corrected chi connectivity index (χ3v) is 2.68. The van der Waals surface area contributed by atoms with Gasteiger partial charge in [0.25, 0.3) is 0 Å². The second kappa shape index (κ2) is 7.02. The highest BCUT2D eigenvalue weighted by Crippen LogP contribution is 2.18. The number of hydrogen-bond donors (Lipinski definition) is 5. The third kappa shape index (κ3) is 3.88. The van der Waals surface area contributed by atoms with E-state index in [2.05, 4.69) is 25.7 Å². The van der Waals surface area contributed by atoms with Crippen LogP contribution in [0.25, 0.3) is 0 Å². The van der Waals surface area contributed by atoms with Gasteiger partial charge in [0.05, 0.1) is 25.4 Å². The standard InChI is InChI=1S/C10H20N6O3/c1-3-10(5-17,6-18)15-7-12-8(16-11)14-9(13-7)19-4-2/h17-18H,3-6,11H2,1-2H3,(H2,12,13,14,15,16). The van der Waals surface area contributed by atoms with Crippen molar-refractivity contribution in [2.45, 2.75) is 25.8 Å². The Hall–Kier alpha value is -1.71. The van der Waals surface area contributed by atoms with Gasteiger partial charge in [-0.05, 0) is 13.3 Å². The number of aliphatic hydroxyl groups excluding tert-OH is 2. The number of ether oxygens (including phenoxy) is 1. The molecule has 9 heteroatoms. The molecule has 0 saturated carbocycles. The lowest BCUT2D eigenvalue weighted by molar-refractivity contribution is 0.132. The van der Waals surface area contributed by atoms with Gasteiger partial charge in [0.2, 0.25) is 11.9 Å². The lowest BCUT2D eigenvalue weighted by Gasteiger charge is -2.29. The Kier molecular flexibility index (Phi) is 5.67. The number of nitrogen functional groups attached to an aromatic ring is 1. The summed E-state index contributed by atoms with van der Waals surface area (Å²) in [5.74, 6) is 5.55. The maximum absolute atomic E-state index is 9.37. The zero-order valence-corrected chi connectivity index (χ0v) is 11.1. The van der Waals surface area contributed by atoms with Crippen molar-refractivity contribution in [2.24, 2.45) is 5.84 Å². The molecule has 0 saturated heterocycles. The SMILES string of the molecule is CCOc1nc(NN)nc(NC(CC)(CO)CO)n1. The van der Waals surface area contributed by atoms with Crippen LogP contribution < -0.4 is 21.3 Å². The van der Waals surface area contributed by atoms with Crippen molar-refractivity contribution in [3.8, 4) is 6.01 Å². The Morgan fingerprint density at radius 2 is 1.79 bits per heavy atom. The fourth-order valence-corrected chi connectivity index (χ4v) is 1.35. The molecule has 0 amide bonds. The first-order chi connectivity index (χ1) is 9.12. The summed E-state index contributed by atoms with van der Waals surface area (Å²) in [6, 6.07) is 0.105. The van der Waals surface area contributed by atoms with E-state index in [0.717, 1.165) is 0 Å². The van der Waals surface area contributed by atoms with Gasteiger partial charge in [-0.15, -0.1) is 0 Å². The predicted molar refractivity (Wildman–Crippen MR) is 69.6 cm³/mol. The van der Waals surface area contributed by atoms with Gasteiger partial charge in [-0.2, -0.15) is 15.0 Å². The molecule has 1 heterocycles. The van der Waals surface area contributed by atoms with E-state index in [4.69, 9.17) is 10.6 Å². The first-order valence-corrected chi connectivity index (χ1v) is 5.98. The summed E-state index contributed by atoms with van der Waals surface area (Å²) in [5.41, 5.74) is 1.39. The van der Waals surface area contributed by atoms with Crippen molar-refractivity contribution < 1.29 is 14.9 Å². The molecule has 0 atom stereocenters. The van der Waals surface area contributed by atoms with Crippen LogP contribution in [-0.2, 0) is 0 Å². The highest BCUT2D eigenvalue weighted by Gasteiger charge is 2.27. The molecule has 0 aliphatic heterocycles. The number of anilines is 2. The minimum atomic E-state index is -0.906.